The number of nitrogens with one attached hydrogen (secondary N) is 1. The van der Waals surface area contributed by atoms with Gasteiger partial charge in [-0.25, -0.2) is 0 Å². The van der Waals surface area contributed by atoms with Crippen molar-refractivity contribution >= 4 is 11.6 Å². The summed E-state index contributed by atoms with van der Waals surface area (Å²) in [6.45, 7) is 4.34. The van der Waals surface area contributed by atoms with E-state index in [1.165, 1.54) is 0 Å². The highest BCUT2D eigenvalue weighted by atomic mass is 16.2. The zero-order valence-corrected chi connectivity index (χ0v) is 9.45. The number of rotatable bonds is 1. The van der Waals surface area contributed by atoms with Crippen molar-refractivity contribution in [2.75, 3.05) is 11.4 Å². The van der Waals surface area contributed by atoms with E-state index in [0.717, 1.165) is 11.3 Å². The van der Waals surface area contributed by atoms with Gasteiger partial charge in [-0.1, -0.05) is 5.92 Å². The fraction of sp³-hybridized carbons (Fsp3) is 0.308. The number of carbonyl (C=O) groups is 1. The molecule has 1 amide bonds. The molecule has 3 nitrogen and oxygen atoms in total. The Kier molecular flexibility index (Phi) is 2.45. The summed E-state index contributed by atoms with van der Waals surface area (Å²) in [5.41, 5.74) is 1.36. The predicted molar refractivity (Wildman–Crippen MR) is 63.9 cm³/mol. The second kappa shape index (κ2) is 3.66. The van der Waals surface area contributed by atoms with Crippen molar-refractivity contribution in [1.82, 2.24) is 5.32 Å². The quantitative estimate of drug-likeness (QED) is 0.715. The molecule has 1 aromatic carbocycles. The molecular weight excluding hydrogens is 200 g/mol. The molecule has 16 heavy (non-hydrogen) atoms. The Bertz CT molecular complexity index is 454. The van der Waals surface area contributed by atoms with Gasteiger partial charge in [0.05, 0.1) is 12.2 Å². The minimum Gasteiger partial charge on any atom is -0.293 e. The van der Waals surface area contributed by atoms with Crippen LogP contribution in [0.1, 0.15) is 19.4 Å². The van der Waals surface area contributed by atoms with Gasteiger partial charge >= 0.3 is 0 Å². The van der Waals surface area contributed by atoms with Crippen LogP contribution in [0.25, 0.3) is 0 Å². The Balaban J connectivity index is 2.36. The predicted octanol–water partition coefficient (Wildman–Crippen LogP) is 1.34. The van der Waals surface area contributed by atoms with Crippen LogP contribution in [0, 0.1) is 12.3 Å². The molecule has 0 aliphatic carbocycles. The van der Waals surface area contributed by atoms with Crippen LogP contribution in [-0.4, -0.2) is 18.1 Å². The van der Waals surface area contributed by atoms with Gasteiger partial charge in [0.1, 0.15) is 0 Å². The number of nitrogens with zero attached hydrogens (tertiary/aromatic N) is 1. The number of terminal acetylenes is 1. The Labute approximate surface area is 95.5 Å². The molecule has 2 rings (SSSR count). The lowest BCUT2D eigenvalue weighted by Crippen LogP contribution is -2.47. The van der Waals surface area contributed by atoms with Crippen LogP contribution in [-0.2, 0) is 4.79 Å². The number of benzene rings is 1. The molecule has 0 spiro atoms. The summed E-state index contributed by atoms with van der Waals surface area (Å²) in [6, 6.07) is 7.44. The molecule has 0 radical (unpaired) electrons. The standard InChI is InChI=1S/C13H14N2O/c1-4-10-5-7-11(8-6-10)15-12(16)9-14-13(15,2)3/h1,5-8,14H,9H2,2-3H3. The topological polar surface area (TPSA) is 32.3 Å². The molecule has 1 N–H and O–H groups in total. The maximum absolute atomic E-state index is 11.8. The highest BCUT2D eigenvalue weighted by Crippen LogP contribution is 2.26. The monoisotopic (exact) mass is 214 g/mol. The van der Waals surface area contributed by atoms with Crippen molar-refractivity contribution in [3.63, 3.8) is 0 Å². The van der Waals surface area contributed by atoms with E-state index in [-0.39, 0.29) is 11.6 Å². The molecule has 1 heterocycles. The van der Waals surface area contributed by atoms with E-state index in [9.17, 15) is 4.79 Å². The number of anilines is 1. The first-order chi connectivity index (χ1) is 7.54. The molecule has 1 fully saturated rings. The fourth-order valence-electron chi connectivity index (χ4n) is 1.94. The van der Waals surface area contributed by atoms with Crippen LogP contribution in [0.2, 0.25) is 0 Å². The van der Waals surface area contributed by atoms with Crippen LogP contribution in [0.4, 0.5) is 5.69 Å². The molecule has 82 valence electrons. The summed E-state index contributed by atoms with van der Waals surface area (Å²) < 4.78 is 0. The summed E-state index contributed by atoms with van der Waals surface area (Å²) in [7, 11) is 0. The molecular formula is C13H14N2O. The van der Waals surface area contributed by atoms with Crippen LogP contribution in [0.5, 0.6) is 0 Å². The fourth-order valence-corrected chi connectivity index (χ4v) is 1.94. The molecule has 1 aliphatic rings. The maximum atomic E-state index is 11.8. The van der Waals surface area contributed by atoms with Crippen molar-refractivity contribution in [3.8, 4) is 12.3 Å². The van der Waals surface area contributed by atoms with Crippen molar-refractivity contribution in [3.05, 3.63) is 29.8 Å². The highest BCUT2D eigenvalue weighted by molar-refractivity contribution is 5.98. The molecule has 0 aromatic heterocycles. The molecule has 1 aromatic rings. The Morgan fingerprint density at radius 2 is 2.00 bits per heavy atom. The van der Waals surface area contributed by atoms with Crippen LogP contribution in [0.3, 0.4) is 0 Å². The Morgan fingerprint density at radius 3 is 2.44 bits per heavy atom. The third-order valence-electron chi connectivity index (χ3n) is 2.77. The van der Waals surface area contributed by atoms with Crippen LogP contribution < -0.4 is 10.2 Å². The number of amides is 1. The smallest absolute Gasteiger partial charge is 0.242 e. The average Bonchev–Trinajstić information content (AvgIpc) is 2.53. The van der Waals surface area contributed by atoms with Crippen molar-refractivity contribution in [1.29, 1.82) is 0 Å². The van der Waals surface area contributed by atoms with Gasteiger partial charge in [0.2, 0.25) is 5.91 Å². The molecule has 0 atom stereocenters. The van der Waals surface area contributed by atoms with Crippen molar-refractivity contribution in [2.24, 2.45) is 0 Å². The lowest BCUT2D eigenvalue weighted by molar-refractivity contribution is -0.116. The lowest BCUT2D eigenvalue weighted by Gasteiger charge is -2.31. The van der Waals surface area contributed by atoms with Gasteiger partial charge in [0.25, 0.3) is 0 Å². The van der Waals surface area contributed by atoms with E-state index in [0.29, 0.717) is 6.54 Å². The van der Waals surface area contributed by atoms with Crippen LogP contribution >= 0.6 is 0 Å². The Hall–Kier alpha value is -1.79. The van der Waals surface area contributed by atoms with E-state index < -0.39 is 0 Å². The minimum atomic E-state index is -0.339. The van der Waals surface area contributed by atoms with Gasteiger partial charge in [0.15, 0.2) is 0 Å². The summed E-state index contributed by atoms with van der Waals surface area (Å²) in [6.07, 6.45) is 5.29. The second-order valence-electron chi connectivity index (χ2n) is 4.33. The third kappa shape index (κ3) is 1.68. The molecule has 0 bridgehead atoms. The Morgan fingerprint density at radius 1 is 1.38 bits per heavy atom. The number of carbonyl (C=O) groups excluding carboxylic acids is 1. The molecule has 1 saturated heterocycles. The second-order valence-corrected chi connectivity index (χ2v) is 4.33. The van der Waals surface area contributed by atoms with E-state index >= 15 is 0 Å². The largest absolute Gasteiger partial charge is 0.293 e. The zero-order chi connectivity index (χ0) is 11.8. The highest BCUT2D eigenvalue weighted by Gasteiger charge is 2.37. The van der Waals surface area contributed by atoms with Crippen LogP contribution in [0.15, 0.2) is 24.3 Å². The van der Waals surface area contributed by atoms with E-state index in [1.54, 1.807) is 4.90 Å². The summed E-state index contributed by atoms with van der Waals surface area (Å²) in [5, 5.41) is 3.16. The molecule has 3 heteroatoms. The normalized spacial score (nSPS) is 18.6. The first-order valence-electron chi connectivity index (χ1n) is 5.19. The third-order valence-corrected chi connectivity index (χ3v) is 2.77. The van der Waals surface area contributed by atoms with Crippen molar-refractivity contribution < 1.29 is 4.79 Å². The maximum Gasteiger partial charge on any atom is 0.242 e. The SMILES string of the molecule is C#Cc1ccc(N2C(=O)CNC2(C)C)cc1. The van der Waals surface area contributed by atoms with Gasteiger partial charge in [-0.05, 0) is 38.1 Å². The van der Waals surface area contributed by atoms with Gasteiger partial charge in [0, 0.05) is 11.3 Å². The molecule has 0 unspecified atom stereocenters. The van der Waals surface area contributed by atoms with Gasteiger partial charge in [-0.2, -0.15) is 0 Å². The minimum absolute atomic E-state index is 0.0819. The zero-order valence-electron chi connectivity index (χ0n) is 9.45. The first-order valence-corrected chi connectivity index (χ1v) is 5.19. The van der Waals surface area contributed by atoms with Gasteiger partial charge in [-0.15, -0.1) is 6.42 Å². The average molecular weight is 214 g/mol. The first kappa shape index (κ1) is 10.7. The van der Waals surface area contributed by atoms with E-state index in [1.807, 2.05) is 38.1 Å². The number of hydrogen-bond donors (Lipinski definition) is 1. The van der Waals surface area contributed by atoms with E-state index in [4.69, 9.17) is 6.42 Å². The summed E-state index contributed by atoms with van der Waals surface area (Å²) in [4.78, 5) is 13.5. The van der Waals surface area contributed by atoms with E-state index in [2.05, 4.69) is 11.2 Å². The molecule has 0 saturated carbocycles. The summed E-state index contributed by atoms with van der Waals surface area (Å²) in [5.74, 6) is 2.64. The molecule has 1 aliphatic heterocycles. The van der Waals surface area contributed by atoms with Gasteiger partial charge < -0.3 is 0 Å². The van der Waals surface area contributed by atoms with Gasteiger partial charge in [-0.3, -0.25) is 15.0 Å². The lowest BCUT2D eigenvalue weighted by atomic mass is 10.1. The van der Waals surface area contributed by atoms with Crippen molar-refractivity contribution in [2.45, 2.75) is 19.5 Å². The summed E-state index contributed by atoms with van der Waals surface area (Å²) >= 11 is 0. The number of hydrogen-bond acceptors (Lipinski definition) is 2.